The highest BCUT2D eigenvalue weighted by molar-refractivity contribution is 5.50. The van der Waals surface area contributed by atoms with Crippen LogP contribution in [0.25, 0.3) is 4.98 Å². The van der Waals surface area contributed by atoms with Crippen LogP contribution in [0.4, 0.5) is 5.69 Å². The zero-order chi connectivity index (χ0) is 7.40. The SMILES string of the molecule is N#[N+]c1ccccc1CN. The summed E-state index contributed by atoms with van der Waals surface area (Å²) < 4.78 is 0. The largest absolute Gasteiger partial charge is 0.389 e. The molecule has 3 heteroatoms. The van der Waals surface area contributed by atoms with E-state index < -0.39 is 0 Å². The average Bonchev–Trinajstić information content (AvgIpc) is 2.04. The molecule has 0 spiro atoms. The molecule has 1 rings (SSSR count). The number of diazo groups is 1. The van der Waals surface area contributed by atoms with Crippen molar-refractivity contribution in [2.24, 2.45) is 5.73 Å². The molecule has 0 unspecified atom stereocenters. The van der Waals surface area contributed by atoms with E-state index in [1.807, 2.05) is 12.1 Å². The molecule has 0 aromatic heterocycles. The van der Waals surface area contributed by atoms with Crippen LogP contribution in [0.5, 0.6) is 0 Å². The van der Waals surface area contributed by atoms with Crippen LogP contribution in [0.1, 0.15) is 5.56 Å². The smallest absolute Gasteiger partial charge is 0.326 e. The zero-order valence-corrected chi connectivity index (χ0v) is 5.49. The van der Waals surface area contributed by atoms with Gasteiger partial charge in [0, 0.05) is 12.6 Å². The molecule has 0 atom stereocenters. The van der Waals surface area contributed by atoms with Crippen molar-refractivity contribution in [3.8, 4) is 0 Å². The van der Waals surface area contributed by atoms with E-state index >= 15 is 0 Å². The lowest BCUT2D eigenvalue weighted by Gasteiger charge is -1.87. The number of hydrogen-bond acceptors (Lipinski definition) is 2. The van der Waals surface area contributed by atoms with Gasteiger partial charge in [-0.1, -0.05) is 12.1 Å². The highest BCUT2D eigenvalue weighted by atomic mass is 14.9. The van der Waals surface area contributed by atoms with Crippen LogP contribution in [0.2, 0.25) is 0 Å². The third-order valence-electron chi connectivity index (χ3n) is 1.32. The molecule has 0 heterocycles. The molecule has 1 aromatic carbocycles. The van der Waals surface area contributed by atoms with Crippen molar-refractivity contribution in [1.82, 2.24) is 0 Å². The van der Waals surface area contributed by atoms with Crippen LogP contribution in [-0.2, 0) is 6.54 Å². The van der Waals surface area contributed by atoms with E-state index in [2.05, 4.69) is 4.98 Å². The Kier molecular flexibility index (Phi) is 1.98. The Morgan fingerprint density at radius 3 is 2.60 bits per heavy atom. The molecular weight excluding hydrogens is 126 g/mol. The van der Waals surface area contributed by atoms with Crippen molar-refractivity contribution >= 4 is 5.69 Å². The lowest BCUT2D eigenvalue weighted by atomic mass is 10.2. The minimum atomic E-state index is 0.403. The van der Waals surface area contributed by atoms with Gasteiger partial charge in [0.2, 0.25) is 5.39 Å². The van der Waals surface area contributed by atoms with E-state index in [-0.39, 0.29) is 0 Å². The lowest BCUT2D eigenvalue weighted by Crippen LogP contribution is -1.95. The monoisotopic (exact) mass is 134 g/mol. The van der Waals surface area contributed by atoms with Gasteiger partial charge >= 0.3 is 5.69 Å². The first-order valence-electron chi connectivity index (χ1n) is 3.01. The molecular formula is C7H8N3+. The maximum atomic E-state index is 8.42. The predicted octanol–water partition coefficient (Wildman–Crippen LogP) is 1.63. The van der Waals surface area contributed by atoms with Crippen LogP contribution in [0.15, 0.2) is 24.3 Å². The Hall–Kier alpha value is -1.40. The van der Waals surface area contributed by atoms with Crippen molar-refractivity contribution in [3.05, 3.63) is 34.8 Å². The van der Waals surface area contributed by atoms with Crippen LogP contribution < -0.4 is 5.73 Å². The second-order valence-corrected chi connectivity index (χ2v) is 1.93. The number of nitrogens with zero attached hydrogens (tertiary/aromatic N) is 2. The van der Waals surface area contributed by atoms with Gasteiger partial charge in [-0.3, -0.25) is 0 Å². The molecule has 3 nitrogen and oxygen atoms in total. The molecule has 2 N–H and O–H groups in total. The second-order valence-electron chi connectivity index (χ2n) is 1.93. The Balaban J connectivity index is 3.12. The van der Waals surface area contributed by atoms with E-state index in [0.717, 1.165) is 5.56 Å². The van der Waals surface area contributed by atoms with Gasteiger partial charge in [-0.2, -0.15) is 0 Å². The summed E-state index contributed by atoms with van der Waals surface area (Å²) >= 11 is 0. The minimum Gasteiger partial charge on any atom is -0.326 e. The van der Waals surface area contributed by atoms with E-state index in [0.29, 0.717) is 12.2 Å². The van der Waals surface area contributed by atoms with E-state index in [1.165, 1.54) is 0 Å². The average molecular weight is 134 g/mol. The van der Waals surface area contributed by atoms with E-state index in [9.17, 15) is 0 Å². The summed E-state index contributed by atoms with van der Waals surface area (Å²) in [4.78, 5) is 3.06. The van der Waals surface area contributed by atoms with Gasteiger partial charge in [-0.15, -0.1) is 0 Å². The van der Waals surface area contributed by atoms with Crippen molar-refractivity contribution in [2.75, 3.05) is 0 Å². The second kappa shape index (κ2) is 2.95. The Bertz CT molecular complexity index is 262. The van der Waals surface area contributed by atoms with Crippen molar-refractivity contribution in [1.29, 1.82) is 5.39 Å². The molecule has 0 aliphatic carbocycles. The summed E-state index contributed by atoms with van der Waals surface area (Å²) in [5.41, 5.74) is 6.75. The quantitative estimate of drug-likeness (QED) is 0.593. The van der Waals surface area contributed by atoms with Gasteiger partial charge in [0.1, 0.15) is 0 Å². The topological polar surface area (TPSA) is 54.2 Å². The molecule has 10 heavy (non-hydrogen) atoms. The molecule has 0 aliphatic heterocycles. The Morgan fingerprint density at radius 2 is 2.10 bits per heavy atom. The van der Waals surface area contributed by atoms with E-state index in [4.69, 9.17) is 11.1 Å². The van der Waals surface area contributed by atoms with Crippen molar-refractivity contribution in [2.45, 2.75) is 6.54 Å². The van der Waals surface area contributed by atoms with Gasteiger partial charge < -0.3 is 5.73 Å². The molecule has 0 fully saturated rings. The van der Waals surface area contributed by atoms with Gasteiger partial charge in [0.15, 0.2) is 4.98 Å². The third kappa shape index (κ3) is 1.12. The molecule has 1 aromatic rings. The predicted molar refractivity (Wildman–Crippen MR) is 39.1 cm³/mol. The zero-order valence-electron chi connectivity index (χ0n) is 5.49. The number of rotatable bonds is 1. The fraction of sp³-hybridized carbons (Fsp3) is 0.143. The van der Waals surface area contributed by atoms with Crippen LogP contribution in [0.3, 0.4) is 0 Å². The summed E-state index contributed by atoms with van der Waals surface area (Å²) in [6.45, 7) is 0.403. The van der Waals surface area contributed by atoms with Gasteiger partial charge in [0.25, 0.3) is 0 Å². The van der Waals surface area contributed by atoms with Gasteiger partial charge in [-0.05, 0) is 6.07 Å². The van der Waals surface area contributed by atoms with Gasteiger partial charge in [-0.25, -0.2) is 0 Å². The summed E-state index contributed by atoms with van der Waals surface area (Å²) in [6, 6.07) is 7.20. The summed E-state index contributed by atoms with van der Waals surface area (Å²) in [7, 11) is 0. The summed E-state index contributed by atoms with van der Waals surface area (Å²) in [6.07, 6.45) is 0. The highest BCUT2D eigenvalue weighted by Crippen LogP contribution is 2.16. The normalized spacial score (nSPS) is 8.80. The molecule has 0 aliphatic rings. The standard InChI is InChI=1S/C7H8N3/c8-5-6-3-1-2-4-7(6)10-9/h1-4H,5,8H2/q+1. The fourth-order valence-electron chi connectivity index (χ4n) is 0.781. The first-order valence-corrected chi connectivity index (χ1v) is 3.01. The maximum Gasteiger partial charge on any atom is 0.389 e. The summed E-state index contributed by atoms with van der Waals surface area (Å²) in [5.74, 6) is 0. The number of benzene rings is 1. The number of nitrogens with two attached hydrogens (primary N) is 1. The first kappa shape index (κ1) is 6.72. The van der Waals surface area contributed by atoms with Crippen molar-refractivity contribution < 1.29 is 0 Å². The van der Waals surface area contributed by atoms with Crippen molar-refractivity contribution in [3.63, 3.8) is 0 Å². The minimum absolute atomic E-state index is 0.403. The maximum absolute atomic E-state index is 8.42. The van der Waals surface area contributed by atoms with Crippen LogP contribution in [-0.4, -0.2) is 0 Å². The van der Waals surface area contributed by atoms with E-state index in [1.54, 1.807) is 12.1 Å². The Labute approximate surface area is 59.1 Å². The van der Waals surface area contributed by atoms with Gasteiger partial charge in [0.05, 0.1) is 5.56 Å². The number of hydrogen-bond donors (Lipinski definition) is 1. The molecule has 0 saturated carbocycles. The lowest BCUT2D eigenvalue weighted by molar-refractivity contribution is 1.08. The molecule has 0 saturated heterocycles. The van der Waals surface area contributed by atoms with Crippen LogP contribution >= 0.6 is 0 Å². The Morgan fingerprint density at radius 1 is 1.40 bits per heavy atom. The fourth-order valence-corrected chi connectivity index (χ4v) is 0.781. The molecule has 50 valence electrons. The highest BCUT2D eigenvalue weighted by Gasteiger charge is 2.08. The summed E-state index contributed by atoms with van der Waals surface area (Å²) in [5, 5.41) is 8.42. The third-order valence-corrected chi connectivity index (χ3v) is 1.32. The van der Waals surface area contributed by atoms with Crippen LogP contribution in [0, 0.1) is 5.39 Å². The molecule has 0 amide bonds. The molecule has 0 bridgehead atoms. The first-order chi connectivity index (χ1) is 4.88. The molecule has 0 radical (unpaired) electrons.